The molecule has 2 heteroatoms. The predicted molar refractivity (Wildman–Crippen MR) is 279 cm³/mol. The number of hydrogen-bond donors (Lipinski definition) is 0. The van der Waals surface area contributed by atoms with Crippen LogP contribution < -0.4 is 0 Å². The SMILES string of the molecule is c1ccc(-c2nc(-c3cccc(-c4cccc(-c5c6ccccc6cc6c5ccc5ccccc56)c4)c3)cc(-c3ccc4c(c3)C(c3ccccc3)(c3ccccc3)c3ccccc3-4)n2)cc1. The second kappa shape index (κ2) is 15.8. The summed E-state index contributed by atoms with van der Waals surface area (Å²) in [5.41, 5.74) is 16.5. The molecule has 12 aromatic rings. The molecule has 0 saturated heterocycles. The second-order valence-corrected chi connectivity index (χ2v) is 17.6. The highest BCUT2D eigenvalue weighted by molar-refractivity contribution is 6.20. The minimum Gasteiger partial charge on any atom is -0.228 e. The number of nitrogens with zero attached hydrogens (tertiary/aromatic N) is 2. The Morgan fingerprint density at radius 1 is 0.269 bits per heavy atom. The Balaban J connectivity index is 0.964. The summed E-state index contributed by atoms with van der Waals surface area (Å²) >= 11 is 0. The van der Waals surface area contributed by atoms with Crippen molar-refractivity contribution in [2.45, 2.75) is 5.41 Å². The number of hydrogen-bond acceptors (Lipinski definition) is 2. The highest BCUT2D eigenvalue weighted by Gasteiger charge is 2.46. The van der Waals surface area contributed by atoms with Gasteiger partial charge in [0.05, 0.1) is 16.8 Å². The first-order valence-corrected chi connectivity index (χ1v) is 23.1. The lowest BCUT2D eigenvalue weighted by atomic mass is 9.67. The Labute approximate surface area is 390 Å². The molecule has 67 heavy (non-hydrogen) atoms. The van der Waals surface area contributed by atoms with E-state index in [1.165, 1.54) is 76.8 Å². The molecular formula is C65H42N2. The van der Waals surface area contributed by atoms with Crippen molar-refractivity contribution in [2.75, 3.05) is 0 Å². The summed E-state index contributed by atoms with van der Waals surface area (Å²) in [6.07, 6.45) is 0. The van der Waals surface area contributed by atoms with Crippen molar-refractivity contribution < 1.29 is 0 Å². The van der Waals surface area contributed by atoms with Gasteiger partial charge in [0.1, 0.15) is 0 Å². The number of aromatic nitrogens is 2. The first-order valence-electron chi connectivity index (χ1n) is 23.1. The minimum absolute atomic E-state index is 0.516. The van der Waals surface area contributed by atoms with E-state index in [9.17, 15) is 0 Å². The van der Waals surface area contributed by atoms with Gasteiger partial charge in [0.25, 0.3) is 0 Å². The smallest absolute Gasteiger partial charge is 0.160 e. The van der Waals surface area contributed by atoms with Gasteiger partial charge in [-0.05, 0) is 118 Å². The van der Waals surface area contributed by atoms with Crippen molar-refractivity contribution in [3.05, 3.63) is 277 Å². The van der Waals surface area contributed by atoms with Gasteiger partial charge in [-0.25, -0.2) is 9.97 Å². The molecule has 1 aliphatic carbocycles. The summed E-state index contributed by atoms with van der Waals surface area (Å²) in [6.45, 7) is 0. The average Bonchev–Trinajstić information content (AvgIpc) is 3.71. The van der Waals surface area contributed by atoms with Crippen LogP contribution in [0.5, 0.6) is 0 Å². The molecule has 2 nitrogen and oxygen atoms in total. The molecule has 13 rings (SSSR count). The molecule has 1 heterocycles. The van der Waals surface area contributed by atoms with Crippen molar-refractivity contribution in [3.63, 3.8) is 0 Å². The highest BCUT2D eigenvalue weighted by Crippen LogP contribution is 2.56. The molecule has 0 aliphatic heterocycles. The number of rotatable bonds is 7. The van der Waals surface area contributed by atoms with Gasteiger partial charge in [-0.15, -0.1) is 0 Å². The van der Waals surface area contributed by atoms with Crippen LogP contribution >= 0.6 is 0 Å². The molecule has 0 N–H and O–H groups in total. The van der Waals surface area contributed by atoms with Crippen molar-refractivity contribution in [1.82, 2.24) is 9.97 Å². The van der Waals surface area contributed by atoms with Crippen molar-refractivity contribution in [2.24, 2.45) is 0 Å². The maximum absolute atomic E-state index is 5.35. The van der Waals surface area contributed by atoms with Crippen LogP contribution in [0.3, 0.4) is 0 Å². The van der Waals surface area contributed by atoms with Crippen molar-refractivity contribution in [3.8, 4) is 67.3 Å². The van der Waals surface area contributed by atoms with Crippen LogP contribution in [-0.4, -0.2) is 9.97 Å². The van der Waals surface area contributed by atoms with E-state index in [1.807, 2.05) is 6.07 Å². The Morgan fingerprint density at radius 3 is 1.54 bits per heavy atom. The lowest BCUT2D eigenvalue weighted by Crippen LogP contribution is -2.28. The molecular weight excluding hydrogens is 809 g/mol. The van der Waals surface area contributed by atoms with E-state index in [2.05, 4.69) is 249 Å². The molecule has 0 saturated carbocycles. The molecule has 11 aromatic carbocycles. The largest absolute Gasteiger partial charge is 0.228 e. The lowest BCUT2D eigenvalue weighted by Gasteiger charge is -2.34. The molecule has 1 aliphatic rings. The molecule has 312 valence electrons. The Morgan fingerprint density at radius 2 is 0.806 bits per heavy atom. The standard InChI is InChI=1S/C65H42N2/c1-4-19-44(20-5-1)64-66-61(42-62(67-64)49-35-36-56-55-32-14-15-33-59(55)65(60(56)41-49,51-26-6-2-7-27-51)52-28-8-3-9-29-52)48-24-16-22-45(38-48)46-23-17-25-50(39-46)63-54-31-13-11-21-47(54)40-58-53-30-12-10-18-43(53)34-37-57(58)63/h1-42H. The Hall–Kier alpha value is -8.72. The van der Waals surface area contributed by atoms with Gasteiger partial charge in [0, 0.05) is 16.7 Å². The first-order chi connectivity index (χ1) is 33.2. The van der Waals surface area contributed by atoms with Crippen molar-refractivity contribution >= 4 is 32.3 Å². The summed E-state index contributed by atoms with van der Waals surface area (Å²) in [5.74, 6) is 0.692. The Kier molecular flexibility index (Phi) is 9.11. The van der Waals surface area contributed by atoms with Crippen LogP contribution in [0.4, 0.5) is 0 Å². The molecule has 0 spiro atoms. The second-order valence-electron chi connectivity index (χ2n) is 17.6. The van der Waals surface area contributed by atoms with Gasteiger partial charge in [-0.1, -0.05) is 224 Å². The van der Waals surface area contributed by atoms with Gasteiger partial charge in [0.2, 0.25) is 0 Å². The van der Waals surface area contributed by atoms with Gasteiger partial charge < -0.3 is 0 Å². The lowest BCUT2D eigenvalue weighted by molar-refractivity contribution is 0.768. The molecule has 0 radical (unpaired) electrons. The molecule has 0 fully saturated rings. The summed E-state index contributed by atoms with van der Waals surface area (Å²) in [7, 11) is 0. The van der Waals surface area contributed by atoms with E-state index in [1.54, 1.807) is 0 Å². The molecule has 0 atom stereocenters. The van der Waals surface area contributed by atoms with E-state index in [4.69, 9.17) is 9.97 Å². The van der Waals surface area contributed by atoms with Crippen LogP contribution in [0.15, 0.2) is 255 Å². The van der Waals surface area contributed by atoms with Crippen LogP contribution in [0.25, 0.3) is 99.6 Å². The summed E-state index contributed by atoms with van der Waals surface area (Å²) in [6, 6.07) is 92.5. The van der Waals surface area contributed by atoms with E-state index < -0.39 is 5.41 Å². The third kappa shape index (κ3) is 6.33. The van der Waals surface area contributed by atoms with E-state index in [-0.39, 0.29) is 0 Å². The monoisotopic (exact) mass is 850 g/mol. The van der Waals surface area contributed by atoms with Gasteiger partial charge in [-0.2, -0.15) is 0 Å². The zero-order valence-electron chi connectivity index (χ0n) is 36.6. The number of fused-ring (bicyclic) bond motifs is 7. The Bertz CT molecular complexity index is 3820. The summed E-state index contributed by atoms with van der Waals surface area (Å²) < 4.78 is 0. The van der Waals surface area contributed by atoms with E-state index in [0.29, 0.717) is 5.82 Å². The average molecular weight is 851 g/mol. The van der Waals surface area contributed by atoms with Gasteiger partial charge in [-0.3, -0.25) is 0 Å². The number of benzene rings is 11. The highest BCUT2D eigenvalue weighted by atomic mass is 14.9. The van der Waals surface area contributed by atoms with Crippen LogP contribution in [0.1, 0.15) is 22.3 Å². The maximum atomic E-state index is 5.35. The van der Waals surface area contributed by atoms with Crippen LogP contribution in [0.2, 0.25) is 0 Å². The molecule has 1 aromatic heterocycles. The third-order valence-corrected chi connectivity index (χ3v) is 13.9. The zero-order chi connectivity index (χ0) is 44.3. The quantitative estimate of drug-likeness (QED) is 0.118. The normalized spacial score (nSPS) is 12.6. The fourth-order valence-electron chi connectivity index (χ4n) is 10.9. The minimum atomic E-state index is -0.516. The van der Waals surface area contributed by atoms with Gasteiger partial charge in [0.15, 0.2) is 5.82 Å². The first kappa shape index (κ1) is 38.7. The van der Waals surface area contributed by atoms with Crippen molar-refractivity contribution in [1.29, 1.82) is 0 Å². The maximum Gasteiger partial charge on any atom is 0.160 e. The predicted octanol–water partition coefficient (Wildman–Crippen LogP) is 16.6. The molecule has 0 bridgehead atoms. The van der Waals surface area contributed by atoms with E-state index >= 15 is 0 Å². The summed E-state index contributed by atoms with van der Waals surface area (Å²) in [5, 5.41) is 7.53. The topological polar surface area (TPSA) is 25.8 Å². The summed E-state index contributed by atoms with van der Waals surface area (Å²) in [4.78, 5) is 10.7. The molecule has 0 amide bonds. The third-order valence-electron chi connectivity index (χ3n) is 13.9. The zero-order valence-corrected chi connectivity index (χ0v) is 36.6. The van der Waals surface area contributed by atoms with Crippen LogP contribution in [0, 0.1) is 0 Å². The van der Waals surface area contributed by atoms with Gasteiger partial charge >= 0.3 is 0 Å². The van der Waals surface area contributed by atoms with Crippen LogP contribution in [-0.2, 0) is 5.41 Å². The van der Waals surface area contributed by atoms with E-state index in [0.717, 1.165) is 39.2 Å². The molecule has 0 unspecified atom stereocenters. The fourth-order valence-corrected chi connectivity index (χ4v) is 10.9. The fraction of sp³-hybridized carbons (Fsp3) is 0.0154.